The van der Waals surface area contributed by atoms with Crippen molar-refractivity contribution in [2.45, 2.75) is 39.8 Å². The lowest BCUT2D eigenvalue weighted by molar-refractivity contribution is 0.322. The van der Waals surface area contributed by atoms with Crippen molar-refractivity contribution in [1.82, 2.24) is 10.2 Å². The highest BCUT2D eigenvalue weighted by Gasteiger charge is 2.05. The largest absolute Gasteiger partial charge is 0.312 e. The van der Waals surface area contributed by atoms with Crippen LogP contribution in [0.4, 0.5) is 0 Å². The first-order chi connectivity index (χ1) is 9.63. The molecule has 1 aromatic carbocycles. The van der Waals surface area contributed by atoms with Gasteiger partial charge in [-0.3, -0.25) is 0 Å². The fourth-order valence-electron chi connectivity index (χ4n) is 2.26. The van der Waals surface area contributed by atoms with Gasteiger partial charge in [-0.05, 0) is 50.0 Å². The van der Waals surface area contributed by atoms with Crippen LogP contribution in [-0.2, 0) is 13.1 Å². The molecule has 20 heavy (non-hydrogen) atoms. The van der Waals surface area contributed by atoms with Crippen LogP contribution in [0.3, 0.4) is 0 Å². The van der Waals surface area contributed by atoms with E-state index in [0.717, 1.165) is 32.6 Å². The number of benzene rings is 1. The van der Waals surface area contributed by atoms with E-state index in [1.54, 1.807) is 0 Å². The zero-order chi connectivity index (χ0) is 14.8. The van der Waals surface area contributed by atoms with Crippen LogP contribution in [0.25, 0.3) is 0 Å². The molecule has 0 aliphatic heterocycles. The molecule has 2 heteroatoms. The van der Waals surface area contributed by atoms with E-state index in [9.17, 15) is 0 Å². The van der Waals surface area contributed by atoms with Crippen LogP contribution in [-0.4, -0.2) is 25.0 Å². The molecule has 1 N–H and O–H groups in total. The minimum absolute atomic E-state index is 0.698. The number of hydrogen-bond donors (Lipinski definition) is 1. The van der Waals surface area contributed by atoms with Gasteiger partial charge in [0.25, 0.3) is 0 Å². The fraction of sp³-hybridized carbons (Fsp3) is 0.556. The maximum absolute atomic E-state index is 3.78. The number of unbranched alkanes of at least 4 members (excludes halogenated alkanes) is 1. The maximum atomic E-state index is 3.78. The Morgan fingerprint density at radius 1 is 1.25 bits per heavy atom. The summed E-state index contributed by atoms with van der Waals surface area (Å²) in [5.74, 6) is 0.698. The molecular weight excluding hydrogens is 244 g/mol. The summed E-state index contributed by atoms with van der Waals surface area (Å²) in [4.78, 5) is 2.39. The molecule has 0 aliphatic carbocycles. The molecule has 0 saturated carbocycles. The van der Waals surface area contributed by atoms with Crippen LogP contribution >= 0.6 is 0 Å². The normalized spacial score (nSPS) is 11.2. The van der Waals surface area contributed by atoms with Gasteiger partial charge in [0, 0.05) is 13.1 Å². The van der Waals surface area contributed by atoms with E-state index in [-0.39, 0.29) is 0 Å². The average molecular weight is 274 g/mol. The second-order valence-electron chi connectivity index (χ2n) is 5.96. The Morgan fingerprint density at radius 3 is 2.60 bits per heavy atom. The average Bonchev–Trinajstić information content (AvgIpc) is 2.40. The zero-order valence-electron chi connectivity index (χ0n) is 13.4. The second-order valence-corrected chi connectivity index (χ2v) is 5.96. The zero-order valence-corrected chi connectivity index (χ0v) is 13.4. The Morgan fingerprint density at radius 2 is 1.95 bits per heavy atom. The summed E-state index contributed by atoms with van der Waals surface area (Å²) in [6, 6.07) is 8.75. The van der Waals surface area contributed by atoms with Crippen molar-refractivity contribution >= 4 is 0 Å². The van der Waals surface area contributed by atoms with Gasteiger partial charge in [-0.25, -0.2) is 0 Å². The van der Waals surface area contributed by atoms with E-state index < -0.39 is 0 Å². The Hall–Kier alpha value is -1.12. The molecule has 1 aromatic rings. The standard InChI is InChI=1S/C18H30N2/c1-5-6-9-12-20(4)15-18-11-8-7-10-17(18)14-19-13-16(2)3/h5,7-8,10-11,16,19H,1,6,9,12-15H2,2-4H3. The minimum Gasteiger partial charge on any atom is -0.312 e. The molecule has 0 aromatic heterocycles. The molecule has 0 fully saturated rings. The summed E-state index contributed by atoms with van der Waals surface area (Å²) in [5.41, 5.74) is 2.86. The molecule has 0 unspecified atom stereocenters. The van der Waals surface area contributed by atoms with Gasteiger partial charge < -0.3 is 10.2 Å². The molecule has 2 nitrogen and oxygen atoms in total. The molecule has 1 rings (SSSR count). The lowest BCUT2D eigenvalue weighted by atomic mass is 10.1. The third-order valence-electron chi connectivity index (χ3n) is 3.37. The van der Waals surface area contributed by atoms with E-state index in [0.29, 0.717) is 5.92 Å². The van der Waals surface area contributed by atoms with Gasteiger partial charge in [-0.2, -0.15) is 0 Å². The van der Waals surface area contributed by atoms with Crippen LogP contribution in [0.1, 0.15) is 37.8 Å². The van der Waals surface area contributed by atoms with E-state index in [1.807, 2.05) is 6.08 Å². The highest BCUT2D eigenvalue weighted by Crippen LogP contribution is 2.11. The smallest absolute Gasteiger partial charge is 0.0233 e. The molecule has 0 radical (unpaired) electrons. The van der Waals surface area contributed by atoms with Crippen LogP contribution in [0, 0.1) is 5.92 Å². The van der Waals surface area contributed by atoms with Gasteiger partial charge in [0.05, 0.1) is 0 Å². The van der Waals surface area contributed by atoms with Crippen LogP contribution in [0.5, 0.6) is 0 Å². The summed E-state index contributed by atoms with van der Waals surface area (Å²) in [7, 11) is 2.20. The summed E-state index contributed by atoms with van der Waals surface area (Å²) in [6.07, 6.45) is 4.29. The van der Waals surface area contributed by atoms with Gasteiger partial charge in [0.15, 0.2) is 0 Å². The predicted molar refractivity (Wildman–Crippen MR) is 88.8 cm³/mol. The molecule has 0 amide bonds. The third kappa shape index (κ3) is 6.88. The predicted octanol–water partition coefficient (Wildman–Crippen LogP) is 3.83. The molecule has 0 saturated heterocycles. The summed E-state index contributed by atoms with van der Waals surface area (Å²) >= 11 is 0. The van der Waals surface area contributed by atoms with Crippen molar-refractivity contribution in [2.24, 2.45) is 5.92 Å². The highest BCUT2D eigenvalue weighted by atomic mass is 15.1. The summed E-state index contributed by atoms with van der Waals surface area (Å²) in [6.45, 7) is 12.5. The van der Waals surface area contributed by atoms with Crippen molar-refractivity contribution in [2.75, 3.05) is 20.1 Å². The number of rotatable bonds is 10. The topological polar surface area (TPSA) is 15.3 Å². The Kier molecular flexibility index (Phi) is 8.24. The van der Waals surface area contributed by atoms with Crippen LogP contribution in [0.15, 0.2) is 36.9 Å². The SMILES string of the molecule is C=CCCCN(C)Cc1ccccc1CNCC(C)C. The van der Waals surface area contributed by atoms with Crippen LogP contribution < -0.4 is 5.32 Å². The molecule has 0 atom stereocenters. The van der Waals surface area contributed by atoms with Crippen molar-refractivity contribution in [1.29, 1.82) is 0 Å². The van der Waals surface area contributed by atoms with Gasteiger partial charge in [-0.1, -0.05) is 44.2 Å². The van der Waals surface area contributed by atoms with E-state index in [4.69, 9.17) is 0 Å². The molecule has 112 valence electrons. The monoisotopic (exact) mass is 274 g/mol. The Labute approximate surface area is 124 Å². The number of allylic oxidation sites excluding steroid dienone is 1. The third-order valence-corrected chi connectivity index (χ3v) is 3.37. The first-order valence-electron chi connectivity index (χ1n) is 7.70. The van der Waals surface area contributed by atoms with Crippen molar-refractivity contribution < 1.29 is 0 Å². The minimum atomic E-state index is 0.698. The van der Waals surface area contributed by atoms with Gasteiger partial charge in [0.2, 0.25) is 0 Å². The highest BCUT2D eigenvalue weighted by molar-refractivity contribution is 5.26. The van der Waals surface area contributed by atoms with E-state index in [1.165, 1.54) is 17.5 Å². The molecule has 0 spiro atoms. The Balaban J connectivity index is 2.49. The number of hydrogen-bond acceptors (Lipinski definition) is 2. The van der Waals surface area contributed by atoms with Crippen molar-refractivity contribution in [3.63, 3.8) is 0 Å². The van der Waals surface area contributed by atoms with E-state index >= 15 is 0 Å². The summed E-state index contributed by atoms with van der Waals surface area (Å²) < 4.78 is 0. The second kappa shape index (κ2) is 9.73. The van der Waals surface area contributed by atoms with Crippen molar-refractivity contribution in [3.8, 4) is 0 Å². The molecule has 0 aliphatic rings. The quantitative estimate of drug-likeness (QED) is 0.515. The Bertz CT molecular complexity index is 385. The lowest BCUT2D eigenvalue weighted by Crippen LogP contribution is -2.23. The van der Waals surface area contributed by atoms with Gasteiger partial charge >= 0.3 is 0 Å². The van der Waals surface area contributed by atoms with Gasteiger partial charge in [-0.15, -0.1) is 6.58 Å². The number of nitrogens with zero attached hydrogens (tertiary/aromatic N) is 1. The fourth-order valence-corrected chi connectivity index (χ4v) is 2.26. The number of nitrogens with one attached hydrogen (secondary N) is 1. The van der Waals surface area contributed by atoms with E-state index in [2.05, 4.69) is 62.0 Å². The maximum Gasteiger partial charge on any atom is 0.0233 e. The lowest BCUT2D eigenvalue weighted by Gasteiger charge is -2.19. The molecule has 0 bridgehead atoms. The first kappa shape index (κ1) is 16.9. The van der Waals surface area contributed by atoms with Crippen LogP contribution in [0.2, 0.25) is 0 Å². The molecular formula is C18H30N2. The van der Waals surface area contributed by atoms with Crippen molar-refractivity contribution in [3.05, 3.63) is 48.0 Å². The molecule has 0 heterocycles. The summed E-state index contributed by atoms with van der Waals surface area (Å²) in [5, 5.41) is 3.54. The first-order valence-corrected chi connectivity index (χ1v) is 7.70. The van der Waals surface area contributed by atoms with Gasteiger partial charge in [0.1, 0.15) is 0 Å².